The molecule has 0 aliphatic heterocycles. The van der Waals surface area contributed by atoms with Crippen molar-refractivity contribution in [2.75, 3.05) is 11.9 Å². The maximum Gasteiger partial charge on any atom is 0.251 e. The number of amides is 1. The van der Waals surface area contributed by atoms with E-state index in [0.29, 0.717) is 5.56 Å². The summed E-state index contributed by atoms with van der Waals surface area (Å²) >= 11 is 3.39. The molecule has 0 aliphatic rings. The Morgan fingerprint density at radius 3 is 2.47 bits per heavy atom. The number of ether oxygens (including phenoxy) is 1. The van der Waals surface area contributed by atoms with Crippen molar-refractivity contribution in [3.8, 4) is 5.75 Å². The van der Waals surface area contributed by atoms with Gasteiger partial charge in [0.2, 0.25) is 0 Å². The molecule has 0 aliphatic carbocycles. The standard InChI is InChI=1S/C15H22BrNO2/c1-12(2)19-14-8-6-13(7-9-14)15(18)17-11-5-3-4-10-16/h6-9,12H,3-5,10-11H2,1-2H3,(H,17,18). The van der Waals surface area contributed by atoms with Gasteiger partial charge in [-0.25, -0.2) is 0 Å². The van der Waals surface area contributed by atoms with Gasteiger partial charge in [-0.3, -0.25) is 4.79 Å². The number of halogens is 1. The van der Waals surface area contributed by atoms with Crippen LogP contribution in [-0.4, -0.2) is 23.9 Å². The van der Waals surface area contributed by atoms with Crippen molar-refractivity contribution in [2.24, 2.45) is 0 Å². The van der Waals surface area contributed by atoms with Crippen molar-refractivity contribution in [3.63, 3.8) is 0 Å². The summed E-state index contributed by atoms with van der Waals surface area (Å²) in [5, 5.41) is 3.95. The van der Waals surface area contributed by atoms with E-state index in [0.717, 1.165) is 36.9 Å². The highest BCUT2D eigenvalue weighted by Gasteiger charge is 2.05. The Morgan fingerprint density at radius 1 is 1.21 bits per heavy atom. The minimum atomic E-state index is -0.0186. The Balaban J connectivity index is 2.36. The molecule has 0 unspecified atom stereocenters. The predicted octanol–water partition coefficient (Wildman–Crippen LogP) is 3.77. The van der Waals surface area contributed by atoms with Crippen LogP contribution in [0.3, 0.4) is 0 Å². The van der Waals surface area contributed by atoms with Crippen LogP contribution in [0.4, 0.5) is 0 Å². The molecule has 0 fully saturated rings. The molecule has 1 N–H and O–H groups in total. The lowest BCUT2D eigenvalue weighted by Gasteiger charge is -2.10. The van der Waals surface area contributed by atoms with E-state index in [1.807, 2.05) is 26.0 Å². The molecule has 3 nitrogen and oxygen atoms in total. The van der Waals surface area contributed by atoms with E-state index in [1.165, 1.54) is 0 Å². The Kier molecular flexibility index (Phi) is 7.56. The normalized spacial score (nSPS) is 10.5. The molecule has 1 aromatic rings. The number of hydrogen-bond donors (Lipinski definition) is 1. The number of benzene rings is 1. The molecular formula is C15H22BrNO2. The van der Waals surface area contributed by atoms with Crippen molar-refractivity contribution in [2.45, 2.75) is 39.2 Å². The number of hydrogen-bond acceptors (Lipinski definition) is 2. The van der Waals surface area contributed by atoms with Gasteiger partial charge in [-0.05, 0) is 51.0 Å². The average molecular weight is 328 g/mol. The van der Waals surface area contributed by atoms with E-state index in [4.69, 9.17) is 4.74 Å². The monoisotopic (exact) mass is 327 g/mol. The Hall–Kier alpha value is -1.03. The van der Waals surface area contributed by atoms with Gasteiger partial charge in [-0.15, -0.1) is 0 Å². The first-order valence-corrected chi connectivity index (χ1v) is 7.86. The number of unbranched alkanes of at least 4 members (excludes halogenated alkanes) is 2. The van der Waals surface area contributed by atoms with Crippen LogP contribution >= 0.6 is 15.9 Å². The van der Waals surface area contributed by atoms with Gasteiger partial charge in [0.25, 0.3) is 5.91 Å². The summed E-state index contributed by atoms with van der Waals surface area (Å²) in [6, 6.07) is 7.26. The van der Waals surface area contributed by atoms with Crippen molar-refractivity contribution < 1.29 is 9.53 Å². The number of alkyl halides is 1. The van der Waals surface area contributed by atoms with Crippen LogP contribution < -0.4 is 10.1 Å². The third-order valence-corrected chi connectivity index (χ3v) is 3.14. The maximum atomic E-state index is 11.8. The lowest BCUT2D eigenvalue weighted by molar-refractivity contribution is 0.0953. The van der Waals surface area contributed by atoms with E-state index in [9.17, 15) is 4.79 Å². The molecule has 0 saturated carbocycles. The van der Waals surface area contributed by atoms with Gasteiger partial charge in [-0.2, -0.15) is 0 Å². The molecule has 0 radical (unpaired) electrons. The highest BCUT2D eigenvalue weighted by molar-refractivity contribution is 9.09. The van der Waals surface area contributed by atoms with Crippen LogP contribution in [0.25, 0.3) is 0 Å². The molecule has 0 aromatic heterocycles. The molecule has 1 rings (SSSR count). The summed E-state index contributed by atoms with van der Waals surface area (Å²) in [5.74, 6) is 0.777. The van der Waals surface area contributed by atoms with E-state index in [-0.39, 0.29) is 12.0 Å². The minimum Gasteiger partial charge on any atom is -0.491 e. The van der Waals surface area contributed by atoms with Crippen LogP contribution in [0.5, 0.6) is 5.75 Å². The summed E-state index contributed by atoms with van der Waals surface area (Å²) in [6.45, 7) is 4.69. The lowest BCUT2D eigenvalue weighted by atomic mass is 10.2. The predicted molar refractivity (Wildman–Crippen MR) is 82.2 cm³/mol. The van der Waals surface area contributed by atoms with Gasteiger partial charge >= 0.3 is 0 Å². The molecule has 0 saturated heterocycles. The second-order valence-electron chi connectivity index (χ2n) is 4.70. The first-order chi connectivity index (χ1) is 9.13. The fourth-order valence-electron chi connectivity index (χ4n) is 1.66. The maximum absolute atomic E-state index is 11.8. The summed E-state index contributed by atoms with van der Waals surface area (Å²) in [6.07, 6.45) is 3.45. The van der Waals surface area contributed by atoms with Crippen LogP contribution in [0, 0.1) is 0 Å². The van der Waals surface area contributed by atoms with Crippen molar-refractivity contribution in [1.82, 2.24) is 5.32 Å². The molecule has 0 spiro atoms. The zero-order valence-corrected chi connectivity index (χ0v) is 13.2. The van der Waals surface area contributed by atoms with Crippen LogP contribution in [0.2, 0.25) is 0 Å². The molecule has 0 heterocycles. The molecular weight excluding hydrogens is 306 g/mol. The molecule has 19 heavy (non-hydrogen) atoms. The summed E-state index contributed by atoms with van der Waals surface area (Å²) in [5.41, 5.74) is 0.677. The highest BCUT2D eigenvalue weighted by Crippen LogP contribution is 2.13. The van der Waals surface area contributed by atoms with E-state index < -0.39 is 0 Å². The summed E-state index contributed by atoms with van der Waals surface area (Å²) < 4.78 is 5.54. The topological polar surface area (TPSA) is 38.3 Å². The van der Waals surface area contributed by atoms with Crippen molar-refractivity contribution in [3.05, 3.63) is 29.8 Å². The largest absolute Gasteiger partial charge is 0.491 e. The quantitative estimate of drug-likeness (QED) is 0.583. The average Bonchev–Trinajstić information content (AvgIpc) is 2.38. The Bertz CT molecular complexity index is 376. The third kappa shape index (κ3) is 6.62. The third-order valence-electron chi connectivity index (χ3n) is 2.58. The SMILES string of the molecule is CC(C)Oc1ccc(C(=O)NCCCCCBr)cc1. The fraction of sp³-hybridized carbons (Fsp3) is 0.533. The summed E-state index contributed by atoms with van der Waals surface area (Å²) in [7, 11) is 0. The van der Waals surface area contributed by atoms with E-state index in [1.54, 1.807) is 12.1 Å². The second-order valence-corrected chi connectivity index (χ2v) is 5.49. The molecule has 1 amide bonds. The zero-order chi connectivity index (χ0) is 14.1. The first kappa shape index (κ1) is 16.0. The van der Waals surface area contributed by atoms with Crippen molar-refractivity contribution in [1.29, 1.82) is 0 Å². The van der Waals surface area contributed by atoms with Gasteiger partial charge in [0.05, 0.1) is 6.10 Å². The number of rotatable bonds is 8. The number of carbonyl (C=O) groups is 1. The van der Waals surface area contributed by atoms with Gasteiger partial charge in [0, 0.05) is 17.4 Å². The fourth-order valence-corrected chi connectivity index (χ4v) is 2.05. The smallest absolute Gasteiger partial charge is 0.251 e. The second kappa shape index (κ2) is 8.97. The molecule has 106 valence electrons. The molecule has 4 heteroatoms. The van der Waals surface area contributed by atoms with Gasteiger partial charge in [-0.1, -0.05) is 22.4 Å². The van der Waals surface area contributed by atoms with E-state index >= 15 is 0 Å². The zero-order valence-electron chi connectivity index (χ0n) is 11.6. The Labute approximate surface area is 123 Å². The lowest BCUT2D eigenvalue weighted by Crippen LogP contribution is -2.24. The molecule has 0 atom stereocenters. The van der Waals surface area contributed by atoms with Crippen molar-refractivity contribution >= 4 is 21.8 Å². The number of nitrogens with one attached hydrogen (secondary N) is 1. The Morgan fingerprint density at radius 2 is 1.89 bits per heavy atom. The van der Waals surface area contributed by atoms with Crippen LogP contribution in [0.15, 0.2) is 24.3 Å². The van der Waals surface area contributed by atoms with Gasteiger partial charge in [0.15, 0.2) is 0 Å². The summed E-state index contributed by atoms with van der Waals surface area (Å²) in [4.78, 5) is 11.8. The van der Waals surface area contributed by atoms with Gasteiger partial charge in [0.1, 0.15) is 5.75 Å². The molecule has 0 bridgehead atoms. The number of carbonyl (C=O) groups excluding carboxylic acids is 1. The molecule has 1 aromatic carbocycles. The highest BCUT2D eigenvalue weighted by atomic mass is 79.9. The first-order valence-electron chi connectivity index (χ1n) is 6.74. The van der Waals surface area contributed by atoms with Gasteiger partial charge < -0.3 is 10.1 Å². The van der Waals surface area contributed by atoms with E-state index in [2.05, 4.69) is 21.2 Å². The van der Waals surface area contributed by atoms with Crippen LogP contribution in [-0.2, 0) is 0 Å². The van der Waals surface area contributed by atoms with Crippen LogP contribution in [0.1, 0.15) is 43.5 Å². The minimum absolute atomic E-state index is 0.0186.